The van der Waals surface area contributed by atoms with E-state index in [-0.39, 0.29) is 17.9 Å². The van der Waals surface area contributed by atoms with Crippen LogP contribution in [0.5, 0.6) is 23.0 Å². The lowest BCUT2D eigenvalue weighted by Gasteiger charge is -2.26. The van der Waals surface area contributed by atoms with Gasteiger partial charge in [-0.25, -0.2) is 0 Å². The minimum Gasteiger partial charge on any atom is -0.507 e. The van der Waals surface area contributed by atoms with E-state index in [9.17, 15) is 14.7 Å². The molecule has 0 aliphatic carbocycles. The Morgan fingerprint density at radius 3 is 2.11 bits per heavy atom. The molecule has 37 heavy (non-hydrogen) atoms. The maximum absolute atomic E-state index is 13.4. The first-order valence-corrected chi connectivity index (χ1v) is 11.5. The van der Waals surface area contributed by atoms with E-state index in [0.29, 0.717) is 39.7 Å². The average Bonchev–Trinajstić information content (AvgIpc) is 3.17. The number of ether oxygens (including phenoxy) is 4. The summed E-state index contributed by atoms with van der Waals surface area (Å²) in [5.41, 5.74) is 2.34. The van der Waals surface area contributed by atoms with Crippen molar-refractivity contribution in [2.75, 3.05) is 28.4 Å². The summed E-state index contributed by atoms with van der Waals surface area (Å²) < 4.78 is 21.7. The molecule has 3 aromatic rings. The molecule has 1 aromatic heterocycles. The number of carbonyl (C=O) groups excluding carboxylic acids is 2. The minimum atomic E-state index is -0.927. The molecule has 0 bridgehead atoms. The molecule has 4 rings (SSSR count). The molecule has 2 heterocycles. The molecule has 1 fully saturated rings. The largest absolute Gasteiger partial charge is 0.507 e. The molecule has 1 N–H and O–H groups in total. The summed E-state index contributed by atoms with van der Waals surface area (Å²) in [5, 5.41) is 11.5. The predicted molar refractivity (Wildman–Crippen MR) is 136 cm³/mol. The third kappa shape index (κ3) is 4.67. The Labute approximate surface area is 214 Å². The normalized spacial score (nSPS) is 16.6. The summed E-state index contributed by atoms with van der Waals surface area (Å²) in [4.78, 5) is 32.2. The van der Waals surface area contributed by atoms with Gasteiger partial charge in [-0.1, -0.05) is 0 Å². The lowest BCUT2D eigenvalue weighted by molar-refractivity contribution is -0.140. The van der Waals surface area contributed by atoms with Crippen LogP contribution < -0.4 is 18.9 Å². The number of carbonyl (C=O) groups is 2. The molecule has 1 atom stereocenters. The van der Waals surface area contributed by atoms with Crippen LogP contribution >= 0.6 is 0 Å². The van der Waals surface area contributed by atoms with Gasteiger partial charge in [0.2, 0.25) is 5.75 Å². The molecule has 1 aliphatic heterocycles. The average molecular weight is 505 g/mol. The van der Waals surface area contributed by atoms with Crippen LogP contribution in [0.15, 0.2) is 60.4 Å². The van der Waals surface area contributed by atoms with E-state index < -0.39 is 17.7 Å². The van der Waals surface area contributed by atoms with Gasteiger partial charge in [0.15, 0.2) is 11.5 Å². The van der Waals surface area contributed by atoms with Crippen molar-refractivity contribution in [1.29, 1.82) is 0 Å². The van der Waals surface area contributed by atoms with Crippen molar-refractivity contribution < 1.29 is 33.6 Å². The van der Waals surface area contributed by atoms with Crippen molar-refractivity contribution in [3.05, 3.63) is 82.7 Å². The second-order valence-electron chi connectivity index (χ2n) is 8.42. The number of nitrogens with zero attached hydrogens (tertiary/aromatic N) is 2. The number of rotatable bonds is 8. The van der Waals surface area contributed by atoms with Gasteiger partial charge < -0.3 is 29.0 Å². The predicted octanol–water partition coefficient (Wildman–Crippen LogP) is 4.05. The zero-order chi connectivity index (χ0) is 26.7. The Morgan fingerprint density at radius 2 is 1.57 bits per heavy atom. The van der Waals surface area contributed by atoms with Gasteiger partial charge in [0.1, 0.15) is 11.5 Å². The smallest absolute Gasteiger partial charge is 0.295 e. The lowest BCUT2D eigenvalue weighted by atomic mass is 9.93. The number of aliphatic hydroxyl groups is 1. The van der Waals surface area contributed by atoms with Gasteiger partial charge in [0.25, 0.3) is 11.7 Å². The maximum Gasteiger partial charge on any atom is 0.295 e. The van der Waals surface area contributed by atoms with Gasteiger partial charge >= 0.3 is 0 Å². The van der Waals surface area contributed by atoms with Gasteiger partial charge in [-0.2, -0.15) is 0 Å². The first kappa shape index (κ1) is 25.6. The summed E-state index contributed by atoms with van der Waals surface area (Å²) in [6, 6.07) is 11.0. The molecule has 1 amide bonds. The number of amides is 1. The van der Waals surface area contributed by atoms with Crippen LogP contribution in [-0.4, -0.2) is 55.1 Å². The summed E-state index contributed by atoms with van der Waals surface area (Å²) in [5.74, 6) is -0.128. The van der Waals surface area contributed by atoms with E-state index in [4.69, 9.17) is 18.9 Å². The number of ketones is 1. The number of pyridine rings is 1. The van der Waals surface area contributed by atoms with Crippen molar-refractivity contribution in [2.45, 2.75) is 19.5 Å². The molecule has 2 aromatic carbocycles. The molecule has 0 radical (unpaired) electrons. The second kappa shape index (κ2) is 10.6. The van der Waals surface area contributed by atoms with Crippen molar-refractivity contribution in [3.8, 4) is 23.0 Å². The van der Waals surface area contributed by atoms with Crippen LogP contribution in [0.2, 0.25) is 0 Å². The van der Waals surface area contributed by atoms with Crippen molar-refractivity contribution in [2.24, 2.45) is 0 Å². The molecule has 9 heteroatoms. The summed E-state index contributed by atoms with van der Waals surface area (Å²) in [6.45, 7) is 1.91. The molecule has 192 valence electrons. The first-order valence-electron chi connectivity index (χ1n) is 11.5. The second-order valence-corrected chi connectivity index (χ2v) is 8.42. The van der Waals surface area contributed by atoms with Gasteiger partial charge in [-0.05, 0) is 66.1 Å². The number of Topliss-reactive ketones (excluding diaryl/α,β-unsaturated/α-hetero) is 1. The van der Waals surface area contributed by atoms with E-state index in [0.717, 1.165) is 5.56 Å². The highest BCUT2D eigenvalue weighted by molar-refractivity contribution is 6.46. The zero-order valence-corrected chi connectivity index (χ0v) is 21.3. The molecule has 0 saturated carbocycles. The Hall–Kier alpha value is -4.53. The van der Waals surface area contributed by atoms with Crippen molar-refractivity contribution in [1.82, 2.24) is 9.88 Å². The number of aryl methyl sites for hydroxylation is 1. The van der Waals surface area contributed by atoms with Gasteiger partial charge in [0.05, 0.1) is 40.1 Å². The van der Waals surface area contributed by atoms with Crippen LogP contribution in [-0.2, 0) is 16.1 Å². The third-order valence-corrected chi connectivity index (χ3v) is 6.33. The number of aliphatic hydroxyl groups excluding tert-OH is 1. The SMILES string of the molecule is COc1ccc(/C(O)=C2\C(=O)C(=O)N(Cc3ccncc3)C2c2cc(OC)c(OC)c(OC)c2)c(C)c1. The van der Waals surface area contributed by atoms with E-state index >= 15 is 0 Å². The molecule has 1 aliphatic rings. The van der Waals surface area contributed by atoms with Crippen LogP contribution in [0.25, 0.3) is 5.76 Å². The number of methoxy groups -OCH3 is 4. The number of hydrogen-bond donors (Lipinski definition) is 1. The number of hydrogen-bond acceptors (Lipinski definition) is 8. The van der Waals surface area contributed by atoms with Crippen LogP contribution in [0.4, 0.5) is 0 Å². The van der Waals surface area contributed by atoms with Crippen LogP contribution in [0.1, 0.15) is 28.3 Å². The lowest BCUT2D eigenvalue weighted by Crippen LogP contribution is -2.29. The van der Waals surface area contributed by atoms with E-state index in [1.807, 2.05) is 0 Å². The van der Waals surface area contributed by atoms with Crippen LogP contribution in [0.3, 0.4) is 0 Å². The highest BCUT2D eigenvalue weighted by atomic mass is 16.5. The van der Waals surface area contributed by atoms with Crippen molar-refractivity contribution in [3.63, 3.8) is 0 Å². The minimum absolute atomic E-state index is 0.0402. The number of aromatic nitrogens is 1. The maximum atomic E-state index is 13.4. The van der Waals surface area contributed by atoms with E-state index in [1.165, 1.54) is 26.2 Å². The van der Waals surface area contributed by atoms with Crippen molar-refractivity contribution >= 4 is 17.4 Å². The van der Waals surface area contributed by atoms with Gasteiger partial charge in [-0.3, -0.25) is 14.6 Å². The molecular formula is C28H28N2O7. The fraction of sp³-hybridized carbons (Fsp3) is 0.250. The highest BCUT2D eigenvalue weighted by Gasteiger charge is 2.46. The third-order valence-electron chi connectivity index (χ3n) is 6.33. The Morgan fingerprint density at radius 1 is 0.919 bits per heavy atom. The van der Waals surface area contributed by atoms with Crippen LogP contribution in [0, 0.1) is 6.92 Å². The first-order chi connectivity index (χ1) is 17.8. The Kier molecular flexibility index (Phi) is 7.33. The molecule has 1 unspecified atom stereocenters. The highest BCUT2D eigenvalue weighted by Crippen LogP contribution is 2.46. The Bertz CT molecular complexity index is 1340. The summed E-state index contributed by atoms with van der Waals surface area (Å²) >= 11 is 0. The van der Waals surface area contributed by atoms with Gasteiger partial charge in [-0.15, -0.1) is 0 Å². The molecule has 0 spiro atoms. The quantitative estimate of drug-likeness (QED) is 0.278. The monoisotopic (exact) mass is 504 g/mol. The topological polar surface area (TPSA) is 107 Å². The molecule has 1 saturated heterocycles. The van der Waals surface area contributed by atoms with E-state index in [2.05, 4.69) is 4.98 Å². The van der Waals surface area contributed by atoms with Gasteiger partial charge in [0, 0.05) is 24.5 Å². The van der Waals surface area contributed by atoms with E-state index in [1.54, 1.807) is 68.9 Å². The standard InChI is InChI=1S/C28H28N2O7/c1-16-12-19(34-2)6-7-20(16)25(31)23-24(18-13-21(35-3)27(37-5)22(14-18)36-4)30(28(33)26(23)32)15-17-8-10-29-11-9-17/h6-14,24,31H,15H2,1-5H3/b25-23+. The molecular weight excluding hydrogens is 476 g/mol. The number of likely N-dealkylation sites (tertiary alicyclic amines) is 1. The summed E-state index contributed by atoms with van der Waals surface area (Å²) in [6.07, 6.45) is 3.22. The molecule has 9 nitrogen and oxygen atoms in total. The zero-order valence-electron chi connectivity index (χ0n) is 21.3. The Balaban J connectivity index is 1.96. The summed E-state index contributed by atoms with van der Waals surface area (Å²) in [7, 11) is 6.00. The fourth-order valence-electron chi connectivity index (χ4n) is 4.51. The fourth-order valence-corrected chi connectivity index (χ4v) is 4.51. The number of benzene rings is 2.